The smallest absolute Gasteiger partial charge is 0.286 e. The molecule has 3 rings (SSSR count). The van der Waals surface area contributed by atoms with Crippen LogP contribution in [0.2, 0.25) is 0 Å². The first-order valence-electron chi connectivity index (χ1n) is 7.71. The van der Waals surface area contributed by atoms with E-state index in [1.165, 1.54) is 18.2 Å². The van der Waals surface area contributed by atoms with Crippen molar-refractivity contribution in [2.75, 3.05) is 27.3 Å². The van der Waals surface area contributed by atoms with Crippen LogP contribution in [0, 0.1) is 0 Å². The number of carbonyl (C=O) groups is 1. The predicted molar refractivity (Wildman–Crippen MR) is 93.0 cm³/mol. The number of benzene rings is 1. The van der Waals surface area contributed by atoms with Gasteiger partial charge in [0.05, 0.1) is 19.1 Å². The van der Waals surface area contributed by atoms with Crippen LogP contribution in [0.4, 0.5) is 0 Å². The van der Waals surface area contributed by atoms with Gasteiger partial charge < -0.3 is 14.4 Å². The SMILES string of the molecule is COc1cccc(C=C2SC(N3CCCCC3)=NC2=O)c1OC. The normalized spacial score (nSPS) is 19.9. The van der Waals surface area contributed by atoms with Crippen molar-refractivity contribution in [3.63, 3.8) is 0 Å². The number of rotatable bonds is 3. The number of hydrogen-bond donors (Lipinski definition) is 0. The van der Waals surface area contributed by atoms with Gasteiger partial charge >= 0.3 is 0 Å². The van der Waals surface area contributed by atoms with Gasteiger partial charge in [-0.2, -0.15) is 4.99 Å². The Hall–Kier alpha value is -1.95. The molecule has 2 aliphatic rings. The lowest BCUT2D eigenvalue weighted by molar-refractivity contribution is -0.113. The number of hydrogen-bond acceptors (Lipinski definition) is 5. The number of aliphatic imine (C=N–C) groups is 1. The Morgan fingerprint density at radius 2 is 1.96 bits per heavy atom. The number of carbonyl (C=O) groups excluding carboxylic acids is 1. The van der Waals surface area contributed by atoms with Gasteiger partial charge in [-0.3, -0.25) is 4.79 Å². The third kappa shape index (κ3) is 3.37. The average molecular weight is 332 g/mol. The second-order valence-corrected chi connectivity index (χ2v) is 6.45. The van der Waals surface area contributed by atoms with Gasteiger partial charge in [0.2, 0.25) is 0 Å². The van der Waals surface area contributed by atoms with E-state index in [2.05, 4.69) is 9.89 Å². The first-order chi connectivity index (χ1) is 11.2. The van der Waals surface area contributed by atoms with E-state index in [0.29, 0.717) is 16.4 Å². The van der Waals surface area contributed by atoms with Crippen LogP contribution in [0.25, 0.3) is 6.08 Å². The van der Waals surface area contributed by atoms with Gasteiger partial charge in [-0.05, 0) is 43.2 Å². The molecule has 1 aromatic rings. The van der Waals surface area contributed by atoms with Crippen LogP contribution in [0.3, 0.4) is 0 Å². The molecule has 2 aliphatic heterocycles. The molecular weight excluding hydrogens is 312 g/mol. The monoisotopic (exact) mass is 332 g/mol. The van der Waals surface area contributed by atoms with Crippen molar-refractivity contribution in [2.45, 2.75) is 19.3 Å². The molecular formula is C17H20N2O3S. The Balaban J connectivity index is 1.83. The Kier molecular flexibility index (Phi) is 4.91. The summed E-state index contributed by atoms with van der Waals surface area (Å²) < 4.78 is 10.7. The van der Waals surface area contributed by atoms with Gasteiger partial charge in [-0.1, -0.05) is 12.1 Å². The van der Waals surface area contributed by atoms with Crippen molar-refractivity contribution in [1.29, 1.82) is 0 Å². The third-order valence-electron chi connectivity index (χ3n) is 3.96. The summed E-state index contributed by atoms with van der Waals surface area (Å²) in [6.45, 7) is 1.96. The van der Waals surface area contributed by atoms with Crippen LogP contribution in [0.1, 0.15) is 24.8 Å². The third-order valence-corrected chi connectivity index (χ3v) is 5.00. The number of nitrogens with zero attached hydrogens (tertiary/aromatic N) is 2. The Morgan fingerprint density at radius 1 is 1.17 bits per heavy atom. The summed E-state index contributed by atoms with van der Waals surface area (Å²) in [7, 11) is 3.20. The number of amides is 1. The summed E-state index contributed by atoms with van der Waals surface area (Å²) in [6, 6.07) is 5.62. The molecule has 1 fully saturated rings. The molecule has 0 saturated carbocycles. The minimum Gasteiger partial charge on any atom is -0.493 e. The maximum Gasteiger partial charge on any atom is 0.286 e. The Morgan fingerprint density at radius 3 is 2.65 bits per heavy atom. The number of likely N-dealkylation sites (tertiary alicyclic amines) is 1. The molecule has 1 aromatic carbocycles. The first-order valence-corrected chi connectivity index (χ1v) is 8.53. The van der Waals surface area contributed by atoms with Crippen LogP contribution < -0.4 is 9.47 Å². The quantitative estimate of drug-likeness (QED) is 0.796. The fourth-order valence-electron chi connectivity index (χ4n) is 2.79. The number of amidine groups is 1. The summed E-state index contributed by atoms with van der Waals surface area (Å²) in [5.74, 6) is 1.09. The highest BCUT2D eigenvalue weighted by Gasteiger charge is 2.27. The summed E-state index contributed by atoms with van der Waals surface area (Å²) in [4.78, 5) is 19.3. The van der Waals surface area contributed by atoms with E-state index in [4.69, 9.17) is 9.47 Å². The first kappa shape index (κ1) is 15.9. The van der Waals surface area contributed by atoms with E-state index in [0.717, 1.165) is 36.7 Å². The van der Waals surface area contributed by atoms with Crippen LogP contribution in [0.5, 0.6) is 11.5 Å². The molecule has 0 spiro atoms. The lowest BCUT2D eigenvalue weighted by Gasteiger charge is -2.27. The van der Waals surface area contributed by atoms with Crippen LogP contribution in [-0.2, 0) is 4.79 Å². The van der Waals surface area contributed by atoms with Gasteiger partial charge in [0.15, 0.2) is 16.7 Å². The highest BCUT2D eigenvalue weighted by atomic mass is 32.2. The van der Waals surface area contributed by atoms with Crippen molar-refractivity contribution in [1.82, 2.24) is 4.90 Å². The molecule has 23 heavy (non-hydrogen) atoms. The number of thioether (sulfide) groups is 1. The van der Waals surface area contributed by atoms with Gasteiger partial charge in [0.1, 0.15) is 0 Å². The lowest BCUT2D eigenvalue weighted by Crippen LogP contribution is -2.33. The lowest BCUT2D eigenvalue weighted by atomic mass is 10.1. The molecule has 0 bridgehead atoms. The zero-order chi connectivity index (χ0) is 16.2. The summed E-state index contributed by atoms with van der Waals surface area (Å²) >= 11 is 1.44. The predicted octanol–water partition coefficient (Wildman–Crippen LogP) is 3.16. The van der Waals surface area contributed by atoms with E-state index < -0.39 is 0 Å². The van der Waals surface area contributed by atoms with Crippen molar-refractivity contribution in [3.8, 4) is 11.5 Å². The second kappa shape index (κ2) is 7.08. The number of methoxy groups -OCH3 is 2. The number of para-hydroxylation sites is 1. The van der Waals surface area contributed by atoms with Crippen LogP contribution in [-0.4, -0.2) is 43.3 Å². The van der Waals surface area contributed by atoms with Gasteiger partial charge in [-0.25, -0.2) is 0 Å². The molecule has 1 saturated heterocycles. The summed E-state index contributed by atoms with van der Waals surface area (Å²) in [6.07, 6.45) is 5.41. The number of piperidine rings is 1. The maximum atomic E-state index is 12.2. The molecule has 0 aromatic heterocycles. The molecule has 0 aliphatic carbocycles. The molecule has 122 valence electrons. The fraction of sp³-hybridized carbons (Fsp3) is 0.412. The van der Waals surface area contributed by atoms with E-state index in [1.54, 1.807) is 14.2 Å². The van der Waals surface area contributed by atoms with Crippen molar-refractivity contribution in [2.24, 2.45) is 4.99 Å². The average Bonchev–Trinajstić information content (AvgIpc) is 2.96. The zero-order valence-electron chi connectivity index (χ0n) is 13.4. The maximum absolute atomic E-state index is 12.2. The zero-order valence-corrected chi connectivity index (χ0v) is 14.2. The standard InChI is InChI=1S/C17H20N2O3S/c1-21-13-8-6-7-12(15(13)22-2)11-14-16(20)18-17(23-14)19-9-4-3-5-10-19/h6-8,11H,3-5,9-10H2,1-2H3. The number of ether oxygens (including phenoxy) is 2. The molecule has 0 radical (unpaired) electrons. The molecule has 1 amide bonds. The molecule has 6 heteroatoms. The Labute approximate surface area is 140 Å². The molecule has 0 unspecified atom stereocenters. The molecule has 0 atom stereocenters. The van der Waals surface area contributed by atoms with Gasteiger partial charge in [0.25, 0.3) is 5.91 Å². The summed E-state index contributed by atoms with van der Waals surface area (Å²) in [5.41, 5.74) is 0.817. The topological polar surface area (TPSA) is 51.1 Å². The Bertz CT molecular complexity index is 664. The second-order valence-electron chi connectivity index (χ2n) is 5.44. The van der Waals surface area contributed by atoms with Crippen LogP contribution in [0.15, 0.2) is 28.1 Å². The van der Waals surface area contributed by atoms with Crippen molar-refractivity contribution >= 4 is 28.9 Å². The van der Waals surface area contributed by atoms with Crippen LogP contribution >= 0.6 is 11.8 Å². The van der Waals surface area contributed by atoms with E-state index >= 15 is 0 Å². The van der Waals surface area contributed by atoms with E-state index in [-0.39, 0.29) is 5.91 Å². The van der Waals surface area contributed by atoms with Crippen molar-refractivity contribution < 1.29 is 14.3 Å². The molecule has 0 N–H and O–H groups in total. The highest BCUT2D eigenvalue weighted by molar-refractivity contribution is 8.18. The molecule has 2 heterocycles. The fourth-order valence-corrected chi connectivity index (χ4v) is 3.74. The van der Waals surface area contributed by atoms with E-state index in [9.17, 15) is 4.79 Å². The largest absolute Gasteiger partial charge is 0.493 e. The minimum atomic E-state index is -0.180. The minimum absolute atomic E-state index is 0.180. The molecule has 5 nitrogen and oxygen atoms in total. The van der Waals surface area contributed by atoms with Gasteiger partial charge in [-0.15, -0.1) is 0 Å². The highest BCUT2D eigenvalue weighted by Crippen LogP contribution is 2.36. The van der Waals surface area contributed by atoms with Gasteiger partial charge in [0, 0.05) is 18.7 Å². The van der Waals surface area contributed by atoms with Crippen molar-refractivity contribution in [3.05, 3.63) is 28.7 Å². The summed E-state index contributed by atoms with van der Waals surface area (Å²) in [5, 5.41) is 0.822. The van der Waals surface area contributed by atoms with E-state index in [1.807, 2.05) is 24.3 Å².